The van der Waals surface area contributed by atoms with E-state index in [1.54, 1.807) is 0 Å². The van der Waals surface area contributed by atoms with E-state index >= 15 is 0 Å². The van der Waals surface area contributed by atoms with Crippen LogP contribution in [0.25, 0.3) is 5.69 Å². The molecule has 0 saturated heterocycles. The minimum atomic E-state index is -4.89. The molecule has 0 bridgehead atoms. The molecule has 0 unspecified atom stereocenters. The Labute approximate surface area is 181 Å². The number of alkyl halides is 6. The van der Waals surface area contributed by atoms with E-state index in [4.69, 9.17) is 4.84 Å². The second-order valence-electron chi connectivity index (χ2n) is 6.62. The van der Waals surface area contributed by atoms with Gasteiger partial charge in [0.05, 0.1) is 17.0 Å². The molecule has 0 radical (unpaired) electrons. The number of benzene rings is 2. The molecule has 0 aliphatic carbocycles. The normalized spacial score (nSPS) is 12.7. The number of hydrogen-bond donors (Lipinski definition) is 0. The molecule has 0 N–H and O–H groups in total. The van der Waals surface area contributed by atoms with Gasteiger partial charge >= 0.3 is 18.2 Å². The largest absolute Gasteiger partial charge is 0.573 e. The van der Waals surface area contributed by atoms with Crippen molar-refractivity contribution in [1.29, 1.82) is 0 Å². The summed E-state index contributed by atoms with van der Waals surface area (Å²) < 4.78 is 83.2. The molecule has 33 heavy (non-hydrogen) atoms. The van der Waals surface area contributed by atoms with Crippen LogP contribution < -0.4 is 10.4 Å². The molecule has 0 spiro atoms. The Hall–Kier alpha value is -3.84. The first-order chi connectivity index (χ1) is 15.4. The predicted octanol–water partition coefficient (Wildman–Crippen LogP) is 3.82. The monoisotopic (exact) mass is 475 g/mol. The minimum Gasteiger partial charge on any atom is -0.406 e. The minimum absolute atomic E-state index is 0.0744. The first-order valence-electron chi connectivity index (χ1n) is 9.08. The van der Waals surface area contributed by atoms with Crippen molar-refractivity contribution in [2.75, 3.05) is 0 Å². The molecule has 3 aromatic rings. The van der Waals surface area contributed by atoms with Crippen LogP contribution in [0.5, 0.6) is 5.75 Å². The van der Waals surface area contributed by atoms with Gasteiger partial charge in [0, 0.05) is 18.2 Å². The van der Waals surface area contributed by atoms with Gasteiger partial charge in [-0.05, 0) is 41.6 Å². The number of oxime groups is 1. The van der Waals surface area contributed by atoms with Gasteiger partial charge in [0.15, 0.2) is 0 Å². The summed E-state index contributed by atoms with van der Waals surface area (Å²) in [6.45, 7) is 0.667. The van der Waals surface area contributed by atoms with Crippen molar-refractivity contribution >= 4 is 5.71 Å². The zero-order valence-electron chi connectivity index (χ0n) is 17.0. The van der Waals surface area contributed by atoms with Crippen molar-refractivity contribution < 1.29 is 35.9 Å². The summed E-state index contributed by atoms with van der Waals surface area (Å²) in [5.41, 5.74) is -2.24. The molecular weight excluding hydrogens is 460 g/mol. The molecule has 0 saturated carbocycles. The lowest BCUT2D eigenvalue weighted by molar-refractivity contribution is -0.274. The van der Waals surface area contributed by atoms with Crippen LogP contribution in [0.3, 0.4) is 0 Å². The van der Waals surface area contributed by atoms with Gasteiger partial charge in [-0.25, -0.2) is 4.79 Å². The van der Waals surface area contributed by atoms with E-state index in [-0.39, 0.29) is 17.0 Å². The molecule has 0 amide bonds. The van der Waals surface area contributed by atoms with Crippen molar-refractivity contribution in [1.82, 2.24) is 19.8 Å². The van der Waals surface area contributed by atoms with Crippen LogP contribution in [0.15, 0.2) is 52.4 Å². The van der Waals surface area contributed by atoms with Crippen molar-refractivity contribution in [2.45, 2.75) is 26.1 Å². The summed E-state index contributed by atoms with van der Waals surface area (Å²) >= 11 is 0. The molecule has 0 atom stereocenters. The number of halogens is 6. The fraction of sp³-hybridized carbons (Fsp3) is 0.263. The summed E-state index contributed by atoms with van der Waals surface area (Å²) in [4.78, 5) is 17.2. The maximum atomic E-state index is 13.6. The first kappa shape index (κ1) is 23.8. The van der Waals surface area contributed by atoms with Crippen LogP contribution in [0, 0.1) is 0 Å². The van der Waals surface area contributed by atoms with Crippen molar-refractivity contribution in [3.8, 4) is 11.4 Å². The maximum Gasteiger partial charge on any atom is 0.573 e. The second kappa shape index (κ2) is 8.96. The smallest absolute Gasteiger partial charge is 0.406 e. The quantitative estimate of drug-likeness (QED) is 0.308. The van der Waals surface area contributed by atoms with E-state index in [1.807, 2.05) is 0 Å². The van der Waals surface area contributed by atoms with E-state index in [9.17, 15) is 31.1 Å². The molecular formula is C19H15F6N5O3. The molecule has 14 heteroatoms. The third kappa shape index (κ3) is 5.70. The van der Waals surface area contributed by atoms with Gasteiger partial charge in [-0.2, -0.15) is 22.5 Å². The highest BCUT2D eigenvalue weighted by molar-refractivity contribution is 5.98. The molecule has 176 valence electrons. The lowest BCUT2D eigenvalue weighted by atomic mass is 10.1. The summed E-state index contributed by atoms with van der Waals surface area (Å²) in [7, 11) is 1.28. The molecule has 1 aromatic heterocycles. The molecule has 8 nitrogen and oxygen atoms in total. The number of nitrogens with zero attached hydrogens (tertiary/aromatic N) is 5. The van der Waals surface area contributed by atoms with Crippen LogP contribution in [0.4, 0.5) is 26.3 Å². The second-order valence-corrected chi connectivity index (χ2v) is 6.62. The van der Waals surface area contributed by atoms with E-state index in [2.05, 4.69) is 20.3 Å². The number of tetrazole rings is 1. The Morgan fingerprint density at radius 2 is 1.76 bits per heavy atom. The SMILES string of the molecule is C/C(=N/OCc1c(-n2nnn(C)c2=O)cccc1C(F)(F)F)c1cccc(OC(F)(F)F)c1. The van der Waals surface area contributed by atoms with Gasteiger partial charge in [-0.1, -0.05) is 23.4 Å². The van der Waals surface area contributed by atoms with E-state index in [1.165, 1.54) is 32.2 Å². The highest BCUT2D eigenvalue weighted by Crippen LogP contribution is 2.34. The van der Waals surface area contributed by atoms with Crippen LogP contribution in [-0.4, -0.2) is 31.9 Å². The highest BCUT2D eigenvalue weighted by atomic mass is 19.4. The van der Waals surface area contributed by atoms with Gasteiger partial charge in [0.1, 0.15) is 12.4 Å². The number of aromatic nitrogens is 4. The van der Waals surface area contributed by atoms with Crippen LogP contribution >= 0.6 is 0 Å². The Balaban J connectivity index is 1.91. The van der Waals surface area contributed by atoms with E-state index in [0.717, 1.165) is 28.9 Å². The maximum absolute atomic E-state index is 13.6. The topological polar surface area (TPSA) is 83.5 Å². The fourth-order valence-electron chi connectivity index (χ4n) is 2.82. The predicted molar refractivity (Wildman–Crippen MR) is 102 cm³/mol. The number of rotatable bonds is 6. The van der Waals surface area contributed by atoms with E-state index in [0.29, 0.717) is 4.68 Å². The molecule has 1 heterocycles. The van der Waals surface area contributed by atoms with Crippen molar-refractivity contribution in [3.63, 3.8) is 0 Å². The zero-order chi connectivity index (χ0) is 24.4. The third-order valence-electron chi connectivity index (χ3n) is 4.30. The molecule has 0 aliphatic rings. The van der Waals surface area contributed by atoms with Gasteiger partial charge in [0.25, 0.3) is 0 Å². The molecule has 3 rings (SSSR count). The number of ether oxygens (including phenoxy) is 1. The van der Waals surface area contributed by atoms with E-state index < -0.39 is 41.7 Å². The lowest BCUT2D eigenvalue weighted by Crippen LogP contribution is -2.24. The van der Waals surface area contributed by atoms with Gasteiger partial charge in [0.2, 0.25) is 0 Å². The van der Waals surface area contributed by atoms with Crippen molar-refractivity contribution in [2.24, 2.45) is 12.2 Å². The lowest BCUT2D eigenvalue weighted by Gasteiger charge is -2.15. The third-order valence-corrected chi connectivity index (χ3v) is 4.30. The number of hydrogen-bond acceptors (Lipinski definition) is 6. The Bertz CT molecular complexity index is 1230. The first-order valence-corrected chi connectivity index (χ1v) is 9.08. The zero-order valence-corrected chi connectivity index (χ0v) is 17.0. The van der Waals surface area contributed by atoms with Crippen LogP contribution in [-0.2, 0) is 24.7 Å². The van der Waals surface area contributed by atoms with Gasteiger partial charge < -0.3 is 9.57 Å². The number of aryl methyl sites for hydroxylation is 1. The standard InChI is InChI=1S/C19H15F6N5O3/c1-11(12-5-3-6-13(9-12)33-19(23,24)25)26-32-10-14-15(18(20,21)22)7-4-8-16(14)30-17(31)29(2)27-28-30/h3-9H,10H2,1-2H3/b26-11-. The van der Waals surface area contributed by atoms with Crippen LogP contribution in [0.1, 0.15) is 23.6 Å². The Kier molecular flexibility index (Phi) is 6.46. The summed E-state index contributed by atoms with van der Waals surface area (Å²) in [5.74, 6) is -0.499. The summed E-state index contributed by atoms with van der Waals surface area (Å²) in [6.07, 6.45) is -9.67. The van der Waals surface area contributed by atoms with Crippen LogP contribution in [0.2, 0.25) is 0 Å². The summed E-state index contributed by atoms with van der Waals surface area (Å²) in [6, 6.07) is 7.96. The fourth-order valence-corrected chi connectivity index (χ4v) is 2.82. The summed E-state index contributed by atoms with van der Waals surface area (Å²) in [5, 5.41) is 10.7. The highest BCUT2D eigenvalue weighted by Gasteiger charge is 2.35. The van der Waals surface area contributed by atoms with Gasteiger partial charge in [-0.15, -0.1) is 13.2 Å². The molecule has 2 aromatic carbocycles. The Morgan fingerprint density at radius 1 is 1.06 bits per heavy atom. The average molecular weight is 475 g/mol. The average Bonchev–Trinajstić information content (AvgIpc) is 3.04. The Morgan fingerprint density at radius 3 is 2.36 bits per heavy atom. The molecule has 0 aliphatic heterocycles. The van der Waals surface area contributed by atoms with Gasteiger partial charge in [-0.3, -0.25) is 0 Å². The van der Waals surface area contributed by atoms with Crippen molar-refractivity contribution in [3.05, 3.63) is 69.6 Å². The molecule has 0 fully saturated rings.